The smallest absolute Gasteiger partial charge is 0.337 e. The molecule has 42 heavy (non-hydrogen) atoms. The van der Waals surface area contributed by atoms with Gasteiger partial charge in [-0.15, -0.1) is 0 Å². The Morgan fingerprint density at radius 3 is 2.17 bits per heavy atom. The molecule has 4 rings (SSSR count). The van der Waals surface area contributed by atoms with Crippen LogP contribution in [-0.2, 0) is 9.53 Å². The second-order valence-corrected chi connectivity index (χ2v) is 12.3. The summed E-state index contributed by atoms with van der Waals surface area (Å²) in [6.45, 7) is 13.5. The minimum Gasteiger partial charge on any atom is -0.490 e. The van der Waals surface area contributed by atoms with Crippen LogP contribution in [0, 0.1) is 24.0 Å². The van der Waals surface area contributed by atoms with Crippen LogP contribution in [0.1, 0.15) is 64.8 Å². The lowest BCUT2D eigenvalue weighted by Gasteiger charge is -2.40. The fraction of sp³-hybridized carbons (Fsp3) is 0.469. The molecule has 226 valence electrons. The number of carbonyl (C=O) groups is 1. The number of hydrogen-bond acceptors (Lipinski definition) is 7. The van der Waals surface area contributed by atoms with Crippen molar-refractivity contribution in [3.8, 4) is 22.8 Å². The molecule has 8 nitrogen and oxygen atoms in total. The lowest BCUT2D eigenvalue weighted by atomic mass is 9.82. The summed E-state index contributed by atoms with van der Waals surface area (Å²) in [5.41, 5.74) is 2.71. The number of aryl methyl sites for hydroxylation is 1. The number of aliphatic carboxylic acids is 1. The molecule has 1 aromatic carbocycles. The number of ether oxygens (including phenoxy) is 3. The molecule has 3 heterocycles. The van der Waals surface area contributed by atoms with E-state index in [1.165, 1.54) is 0 Å². The van der Waals surface area contributed by atoms with Gasteiger partial charge in [-0.1, -0.05) is 13.8 Å². The molecule has 1 aliphatic heterocycles. The standard InChI is InChI=1S/C32H39F2N3O5/c1-20-27(29(30(38)39)42-31(2,3)4)28(37-11-9-32(5,6)10-12-37)25(19-35-20)26-8-7-23(18-36-26)40-13-14-41-24-16-21(33)15-22(34)17-24/h7-8,15-19,29H,9-14H2,1-6H3,(H,38,39)/t29-/m0/s1. The van der Waals surface area contributed by atoms with Gasteiger partial charge in [-0.25, -0.2) is 13.6 Å². The van der Waals surface area contributed by atoms with Gasteiger partial charge in [0.2, 0.25) is 0 Å². The number of nitrogens with zero attached hydrogens (tertiary/aromatic N) is 3. The molecule has 2 aromatic heterocycles. The average molecular weight is 584 g/mol. The van der Waals surface area contributed by atoms with Crippen molar-refractivity contribution in [1.82, 2.24) is 9.97 Å². The van der Waals surface area contributed by atoms with Gasteiger partial charge >= 0.3 is 5.97 Å². The van der Waals surface area contributed by atoms with Gasteiger partial charge in [0.25, 0.3) is 0 Å². The maximum Gasteiger partial charge on any atom is 0.337 e. The first-order valence-electron chi connectivity index (χ1n) is 14.1. The predicted molar refractivity (Wildman–Crippen MR) is 156 cm³/mol. The van der Waals surface area contributed by atoms with Gasteiger partial charge in [0, 0.05) is 54.3 Å². The Bertz CT molecular complexity index is 1380. The highest BCUT2D eigenvalue weighted by atomic mass is 19.1. The van der Waals surface area contributed by atoms with E-state index < -0.39 is 29.3 Å². The number of carboxylic acids is 1. The molecule has 0 radical (unpaired) electrons. The molecule has 1 atom stereocenters. The van der Waals surface area contributed by atoms with Crippen LogP contribution in [0.3, 0.4) is 0 Å². The molecule has 10 heteroatoms. The molecule has 0 unspecified atom stereocenters. The van der Waals surface area contributed by atoms with Crippen molar-refractivity contribution in [3.63, 3.8) is 0 Å². The maximum atomic E-state index is 13.4. The Labute approximate surface area is 245 Å². The van der Waals surface area contributed by atoms with Crippen molar-refractivity contribution in [2.75, 3.05) is 31.2 Å². The Hall–Kier alpha value is -3.79. The van der Waals surface area contributed by atoms with Crippen LogP contribution in [0.4, 0.5) is 14.5 Å². The minimum absolute atomic E-state index is 0.0791. The van der Waals surface area contributed by atoms with Gasteiger partial charge in [-0.3, -0.25) is 9.97 Å². The zero-order valence-electron chi connectivity index (χ0n) is 25.0. The normalized spacial score (nSPS) is 15.8. The van der Waals surface area contributed by atoms with E-state index >= 15 is 0 Å². The van der Waals surface area contributed by atoms with Crippen LogP contribution >= 0.6 is 0 Å². The molecular formula is C32H39F2N3O5. The Morgan fingerprint density at radius 1 is 1.00 bits per heavy atom. The topological polar surface area (TPSA) is 94.0 Å². The molecule has 1 N–H and O–H groups in total. The van der Waals surface area contributed by atoms with E-state index in [1.807, 2.05) is 27.7 Å². The molecular weight excluding hydrogens is 544 g/mol. The summed E-state index contributed by atoms with van der Waals surface area (Å²) in [6.07, 6.45) is 4.00. The number of benzene rings is 1. The van der Waals surface area contributed by atoms with Gasteiger partial charge in [0.15, 0.2) is 6.10 Å². The first-order valence-corrected chi connectivity index (χ1v) is 14.1. The molecule has 1 fully saturated rings. The Balaban J connectivity index is 1.61. The quantitative estimate of drug-likeness (QED) is 0.262. The summed E-state index contributed by atoms with van der Waals surface area (Å²) in [7, 11) is 0. The zero-order chi connectivity index (χ0) is 30.7. The molecule has 0 aliphatic carbocycles. The SMILES string of the molecule is Cc1ncc(-c2ccc(OCCOc3cc(F)cc(F)c3)cn2)c(N2CCC(C)(C)CC2)c1[C@H](OC(C)(C)C)C(=O)O. The highest BCUT2D eigenvalue weighted by Crippen LogP contribution is 2.43. The lowest BCUT2D eigenvalue weighted by molar-refractivity contribution is -0.160. The van der Waals surface area contributed by atoms with Crippen LogP contribution in [0.2, 0.25) is 0 Å². The van der Waals surface area contributed by atoms with Crippen molar-refractivity contribution >= 4 is 11.7 Å². The first kappa shape index (κ1) is 31.2. The van der Waals surface area contributed by atoms with Crippen LogP contribution < -0.4 is 14.4 Å². The monoisotopic (exact) mass is 583 g/mol. The highest BCUT2D eigenvalue weighted by molar-refractivity contribution is 5.85. The zero-order valence-corrected chi connectivity index (χ0v) is 25.0. The predicted octanol–water partition coefficient (Wildman–Crippen LogP) is 6.76. The Morgan fingerprint density at radius 2 is 1.62 bits per heavy atom. The van der Waals surface area contributed by atoms with Gasteiger partial charge in [0.1, 0.15) is 36.3 Å². The summed E-state index contributed by atoms with van der Waals surface area (Å²) < 4.78 is 43.9. The number of carboxylic acid groups (broad SMARTS) is 1. The van der Waals surface area contributed by atoms with E-state index in [4.69, 9.17) is 14.2 Å². The van der Waals surface area contributed by atoms with Crippen LogP contribution in [0.15, 0.2) is 42.7 Å². The molecule has 1 aliphatic rings. The number of aromatic nitrogens is 2. The summed E-state index contributed by atoms with van der Waals surface area (Å²) in [5, 5.41) is 10.3. The van der Waals surface area contributed by atoms with Gasteiger partial charge < -0.3 is 24.2 Å². The highest BCUT2D eigenvalue weighted by Gasteiger charge is 2.36. The largest absolute Gasteiger partial charge is 0.490 e. The van der Waals surface area contributed by atoms with Crippen molar-refractivity contribution < 1.29 is 32.9 Å². The van der Waals surface area contributed by atoms with Crippen molar-refractivity contribution in [2.24, 2.45) is 5.41 Å². The maximum absolute atomic E-state index is 13.4. The number of halogens is 2. The van der Waals surface area contributed by atoms with Crippen LogP contribution in [-0.4, -0.2) is 52.9 Å². The van der Waals surface area contributed by atoms with Crippen LogP contribution in [0.5, 0.6) is 11.5 Å². The summed E-state index contributed by atoms with van der Waals surface area (Å²) >= 11 is 0. The fourth-order valence-electron chi connectivity index (χ4n) is 4.93. The van der Waals surface area contributed by atoms with Crippen molar-refractivity contribution in [3.05, 3.63) is 65.6 Å². The van der Waals surface area contributed by atoms with Crippen molar-refractivity contribution in [1.29, 1.82) is 0 Å². The molecule has 0 spiro atoms. The first-order chi connectivity index (χ1) is 19.7. The third-order valence-electron chi connectivity index (χ3n) is 7.15. The summed E-state index contributed by atoms with van der Waals surface area (Å²) in [5.74, 6) is -1.95. The number of rotatable bonds is 10. The van der Waals surface area contributed by atoms with E-state index in [9.17, 15) is 18.7 Å². The summed E-state index contributed by atoms with van der Waals surface area (Å²) in [6, 6.07) is 6.54. The second-order valence-electron chi connectivity index (χ2n) is 12.3. The van der Waals surface area contributed by atoms with E-state index in [2.05, 4.69) is 28.7 Å². The number of anilines is 1. The van der Waals surface area contributed by atoms with Gasteiger partial charge in [-0.2, -0.15) is 0 Å². The third kappa shape index (κ3) is 7.94. The van der Waals surface area contributed by atoms with Gasteiger partial charge in [-0.05, 0) is 58.1 Å². The number of pyridine rings is 2. The van der Waals surface area contributed by atoms with E-state index in [-0.39, 0.29) is 24.4 Å². The fourth-order valence-corrected chi connectivity index (χ4v) is 4.93. The third-order valence-corrected chi connectivity index (χ3v) is 7.15. The van der Waals surface area contributed by atoms with Crippen LogP contribution in [0.25, 0.3) is 11.3 Å². The number of hydrogen-bond donors (Lipinski definition) is 1. The molecule has 0 amide bonds. The van der Waals surface area contributed by atoms with Crippen molar-refractivity contribution in [2.45, 2.75) is 66.1 Å². The molecule has 1 saturated heterocycles. The molecule has 3 aromatic rings. The summed E-state index contributed by atoms with van der Waals surface area (Å²) in [4.78, 5) is 24.0. The average Bonchev–Trinajstić information content (AvgIpc) is 2.89. The van der Waals surface area contributed by atoms with E-state index in [0.717, 1.165) is 49.8 Å². The number of piperidine rings is 1. The van der Waals surface area contributed by atoms with E-state index in [0.29, 0.717) is 28.3 Å². The Kier molecular flexibility index (Phi) is 9.35. The van der Waals surface area contributed by atoms with E-state index in [1.54, 1.807) is 24.5 Å². The minimum atomic E-state index is -1.21. The lowest BCUT2D eigenvalue weighted by Crippen LogP contribution is -2.39. The van der Waals surface area contributed by atoms with Gasteiger partial charge in [0.05, 0.1) is 23.2 Å². The molecule has 0 bridgehead atoms. The second kappa shape index (κ2) is 12.6. The molecule has 0 saturated carbocycles.